The van der Waals surface area contributed by atoms with Crippen molar-refractivity contribution >= 4 is 5.97 Å². The summed E-state index contributed by atoms with van der Waals surface area (Å²) in [6.45, 7) is 5.79. The molecule has 0 aromatic heterocycles. The first kappa shape index (κ1) is 13.4. The average molecular weight is 204 g/mol. The van der Waals surface area contributed by atoms with Gasteiger partial charge < -0.3 is 11.5 Å². The van der Waals surface area contributed by atoms with Gasteiger partial charge in [-0.3, -0.25) is 4.89 Å². The number of hydrogen-bond donors (Lipinski definition) is 3. The van der Waals surface area contributed by atoms with E-state index >= 15 is 0 Å². The lowest BCUT2D eigenvalue weighted by Gasteiger charge is -2.38. The van der Waals surface area contributed by atoms with Crippen LogP contribution in [-0.2, 0) is 9.68 Å². The standard InChI is InChI=1S/C9H20N2O3/c1-8(2,5-4-6-10)9(3,11)7(12)14-13/h13H,4-6,10-11H2,1-3H3. The minimum Gasteiger partial charge on any atom is -0.330 e. The van der Waals surface area contributed by atoms with Gasteiger partial charge in [-0.2, -0.15) is 5.26 Å². The van der Waals surface area contributed by atoms with Gasteiger partial charge in [-0.25, -0.2) is 4.79 Å². The van der Waals surface area contributed by atoms with E-state index in [-0.39, 0.29) is 0 Å². The van der Waals surface area contributed by atoms with Gasteiger partial charge in [0.1, 0.15) is 5.54 Å². The number of carbonyl (C=O) groups excluding carboxylic acids is 1. The highest BCUT2D eigenvalue weighted by molar-refractivity contribution is 5.80. The summed E-state index contributed by atoms with van der Waals surface area (Å²) in [5, 5.41) is 8.30. The maximum atomic E-state index is 11.2. The summed E-state index contributed by atoms with van der Waals surface area (Å²) in [6, 6.07) is 0. The van der Waals surface area contributed by atoms with E-state index in [1.165, 1.54) is 0 Å². The van der Waals surface area contributed by atoms with E-state index in [2.05, 4.69) is 4.89 Å². The van der Waals surface area contributed by atoms with Crippen molar-refractivity contribution in [1.82, 2.24) is 0 Å². The molecule has 0 saturated heterocycles. The molecule has 5 nitrogen and oxygen atoms in total. The van der Waals surface area contributed by atoms with Gasteiger partial charge in [-0.1, -0.05) is 13.8 Å². The van der Waals surface area contributed by atoms with Crippen LogP contribution in [0.5, 0.6) is 0 Å². The number of carbonyl (C=O) groups is 1. The molecular weight excluding hydrogens is 184 g/mol. The summed E-state index contributed by atoms with van der Waals surface area (Å²) in [6.07, 6.45) is 1.48. The largest absolute Gasteiger partial charge is 0.361 e. The summed E-state index contributed by atoms with van der Waals surface area (Å²) < 4.78 is 0. The van der Waals surface area contributed by atoms with Gasteiger partial charge in [0, 0.05) is 0 Å². The minimum atomic E-state index is -1.21. The van der Waals surface area contributed by atoms with Crippen molar-refractivity contribution < 1.29 is 14.9 Å². The SMILES string of the molecule is CC(C)(CCCN)C(C)(N)C(=O)OO. The fraction of sp³-hybridized carbons (Fsp3) is 0.889. The molecule has 0 fully saturated rings. The number of nitrogens with two attached hydrogens (primary N) is 2. The Morgan fingerprint density at radius 3 is 2.29 bits per heavy atom. The van der Waals surface area contributed by atoms with Crippen LogP contribution < -0.4 is 11.5 Å². The van der Waals surface area contributed by atoms with Crippen LogP contribution in [0.4, 0.5) is 0 Å². The molecule has 0 rings (SSSR count). The maximum Gasteiger partial charge on any atom is 0.361 e. The normalized spacial score (nSPS) is 16.1. The summed E-state index contributed by atoms with van der Waals surface area (Å²) in [7, 11) is 0. The third-order valence-corrected chi connectivity index (χ3v) is 2.92. The lowest BCUT2D eigenvalue weighted by Crippen LogP contribution is -2.57. The Hall–Kier alpha value is -0.650. The molecule has 0 radical (unpaired) electrons. The van der Waals surface area contributed by atoms with E-state index in [0.717, 1.165) is 6.42 Å². The number of hydrogen-bond acceptors (Lipinski definition) is 5. The maximum absolute atomic E-state index is 11.2. The van der Waals surface area contributed by atoms with Gasteiger partial charge >= 0.3 is 5.97 Å². The molecule has 5 N–H and O–H groups in total. The van der Waals surface area contributed by atoms with Crippen LogP contribution in [0.25, 0.3) is 0 Å². The first-order valence-corrected chi connectivity index (χ1v) is 4.64. The number of rotatable bonds is 5. The molecule has 0 aliphatic heterocycles. The molecule has 5 heteroatoms. The zero-order chi connectivity index (χ0) is 11.4. The lowest BCUT2D eigenvalue weighted by atomic mass is 9.71. The Bertz CT molecular complexity index is 202. The Morgan fingerprint density at radius 2 is 1.93 bits per heavy atom. The molecular formula is C9H20N2O3. The molecule has 0 amide bonds. The summed E-state index contributed by atoms with van der Waals surface area (Å²) >= 11 is 0. The highest BCUT2D eigenvalue weighted by atomic mass is 17.1. The average Bonchev–Trinajstić information content (AvgIpc) is 2.13. The van der Waals surface area contributed by atoms with Crippen LogP contribution in [0.3, 0.4) is 0 Å². The van der Waals surface area contributed by atoms with Crippen molar-refractivity contribution in [2.24, 2.45) is 16.9 Å². The lowest BCUT2D eigenvalue weighted by molar-refractivity contribution is -0.243. The fourth-order valence-electron chi connectivity index (χ4n) is 1.17. The van der Waals surface area contributed by atoms with Crippen LogP contribution in [0.15, 0.2) is 0 Å². The Morgan fingerprint density at radius 1 is 1.43 bits per heavy atom. The molecule has 0 aromatic rings. The van der Waals surface area contributed by atoms with Crippen molar-refractivity contribution in [2.45, 2.75) is 39.2 Å². The van der Waals surface area contributed by atoms with Crippen LogP contribution in [0.2, 0.25) is 0 Å². The molecule has 84 valence electrons. The molecule has 1 atom stereocenters. The monoisotopic (exact) mass is 204 g/mol. The molecule has 0 bridgehead atoms. The van der Waals surface area contributed by atoms with Crippen LogP contribution in [0.1, 0.15) is 33.6 Å². The first-order chi connectivity index (χ1) is 6.29. The van der Waals surface area contributed by atoms with Gasteiger partial charge in [0.05, 0.1) is 0 Å². The summed E-state index contributed by atoms with van der Waals surface area (Å²) in [4.78, 5) is 14.9. The van der Waals surface area contributed by atoms with E-state index in [1.54, 1.807) is 6.92 Å². The van der Waals surface area contributed by atoms with Crippen molar-refractivity contribution in [3.05, 3.63) is 0 Å². The third kappa shape index (κ3) is 2.67. The minimum absolute atomic E-state index is 0.466. The van der Waals surface area contributed by atoms with Gasteiger partial charge in [-0.05, 0) is 31.7 Å². The van der Waals surface area contributed by atoms with Gasteiger partial charge in [-0.15, -0.1) is 0 Å². The second-order valence-corrected chi connectivity index (χ2v) is 4.36. The van der Waals surface area contributed by atoms with E-state index < -0.39 is 16.9 Å². The molecule has 0 aromatic carbocycles. The molecule has 0 saturated carbocycles. The molecule has 14 heavy (non-hydrogen) atoms. The predicted molar refractivity (Wildman–Crippen MR) is 53.4 cm³/mol. The van der Waals surface area contributed by atoms with E-state index in [9.17, 15) is 4.79 Å². The zero-order valence-electron chi connectivity index (χ0n) is 9.04. The van der Waals surface area contributed by atoms with E-state index in [4.69, 9.17) is 16.7 Å². The second kappa shape index (κ2) is 4.72. The first-order valence-electron chi connectivity index (χ1n) is 4.64. The molecule has 0 spiro atoms. The van der Waals surface area contributed by atoms with Gasteiger partial charge in [0.2, 0.25) is 0 Å². The highest BCUT2D eigenvalue weighted by Crippen LogP contribution is 2.34. The summed E-state index contributed by atoms with van der Waals surface area (Å²) in [5.74, 6) is -0.820. The Balaban J connectivity index is 4.59. The Kier molecular flexibility index (Phi) is 4.51. The van der Waals surface area contributed by atoms with Crippen LogP contribution in [-0.4, -0.2) is 23.3 Å². The van der Waals surface area contributed by atoms with Crippen molar-refractivity contribution in [3.63, 3.8) is 0 Å². The molecule has 0 heterocycles. The van der Waals surface area contributed by atoms with Crippen LogP contribution in [0, 0.1) is 5.41 Å². The van der Waals surface area contributed by atoms with Crippen molar-refractivity contribution in [2.75, 3.05) is 6.54 Å². The van der Waals surface area contributed by atoms with Gasteiger partial charge in [0.25, 0.3) is 0 Å². The predicted octanol–water partition coefficient (Wildman–Crippen LogP) is 0.485. The topological polar surface area (TPSA) is 98.6 Å². The molecule has 1 unspecified atom stereocenters. The quantitative estimate of drug-likeness (QED) is 0.447. The zero-order valence-corrected chi connectivity index (χ0v) is 9.04. The molecule has 0 aliphatic carbocycles. The fourth-order valence-corrected chi connectivity index (χ4v) is 1.17. The van der Waals surface area contributed by atoms with Crippen LogP contribution >= 0.6 is 0 Å². The summed E-state index contributed by atoms with van der Waals surface area (Å²) in [5.41, 5.74) is 9.52. The smallest absolute Gasteiger partial charge is 0.330 e. The van der Waals surface area contributed by atoms with Gasteiger partial charge in [0.15, 0.2) is 0 Å². The Labute approximate surface area is 84.3 Å². The second-order valence-electron chi connectivity index (χ2n) is 4.36. The third-order valence-electron chi connectivity index (χ3n) is 2.92. The van der Waals surface area contributed by atoms with E-state index in [1.807, 2.05) is 13.8 Å². The van der Waals surface area contributed by atoms with E-state index in [0.29, 0.717) is 13.0 Å². The van der Waals surface area contributed by atoms with Crippen molar-refractivity contribution in [1.29, 1.82) is 0 Å². The van der Waals surface area contributed by atoms with Crippen molar-refractivity contribution in [3.8, 4) is 0 Å². The molecule has 0 aliphatic rings. The highest BCUT2D eigenvalue weighted by Gasteiger charge is 2.45.